The normalized spacial score (nSPS) is 10.9. The Hall–Kier alpha value is -1.63. The molecule has 6 nitrogen and oxygen atoms in total. The first-order valence-electron chi connectivity index (χ1n) is 5.59. The van der Waals surface area contributed by atoms with Gasteiger partial charge in [0, 0.05) is 6.20 Å². The van der Waals surface area contributed by atoms with E-state index in [4.69, 9.17) is 0 Å². The van der Waals surface area contributed by atoms with Gasteiger partial charge in [-0.05, 0) is 35.8 Å². The molecular weight excluding hydrogens is 298 g/mol. The number of aromatic nitrogens is 4. The lowest BCUT2D eigenvalue weighted by Gasteiger charge is -2.11. The van der Waals surface area contributed by atoms with Crippen LogP contribution >= 0.6 is 15.9 Å². The van der Waals surface area contributed by atoms with Crippen molar-refractivity contribution >= 4 is 21.6 Å². The van der Waals surface area contributed by atoms with Crippen molar-refractivity contribution in [1.82, 2.24) is 20.0 Å². The first-order valence-corrected chi connectivity index (χ1v) is 6.38. The number of aromatic amines is 1. The molecule has 0 amide bonds. The largest absolute Gasteiger partial charge is 0.377 e. The van der Waals surface area contributed by atoms with Gasteiger partial charge in [-0.3, -0.25) is 9.89 Å². The van der Waals surface area contributed by atoms with E-state index in [1.807, 2.05) is 19.9 Å². The van der Waals surface area contributed by atoms with Gasteiger partial charge >= 0.3 is 0 Å². The molecule has 2 rings (SSSR count). The minimum Gasteiger partial charge on any atom is -0.377 e. The van der Waals surface area contributed by atoms with Gasteiger partial charge in [-0.15, -0.1) is 0 Å². The lowest BCUT2D eigenvalue weighted by atomic mass is 10.3. The number of H-pyrrole nitrogens is 1. The number of nitrogens with zero attached hydrogens (tertiary/aromatic N) is 3. The Morgan fingerprint density at radius 1 is 1.56 bits per heavy atom. The fourth-order valence-corrected chi connectivity index (χ4v) is 1.93. The van der Waals surface area contributed by atoms with Crippen molar-refractivity contribution in [2.24, 2.45) is 0 Å². The van der Waals surface area contributed by atoms with E-state index in [9.17, 15) is 4.79 Å². The molecule has 2 N–H and O–H groups in total. The molecule has 0 unspecified atom stereocenters. The van der Waals surface area contributed by atoms with E-state index in [2.05, 4.69) is 36.5 Å². The predicted molar refractivity (Wildman–Crippen MR) is 72.5 cm³/mol. The molecule has 96 valence electrons. The molecule has 2 heterocycles. The lowest BCUT2D eigenvalue weighted by Crippen LogP contribution is -2.26. The summed E-state index contributed by atoms with van der Waals surface area (Å²) in [5.74, 6) is 0. The molecule has 0 aromatic carbocycles. The molecule has 0 aliphatic heterocycles. The summed E-state index contributed by atoms with van der Waals surface area (Å²) in [6.07, 6.45) is 3.32. The molecule has 2 aromatic heterocycles. The van der Waals surface area contributed by atoms with Gasteiger partial charge in [0.2, 0.25) is 0 Å². The van der Waals surface area contributed by atoms with Crippen LogP contribution in [0.15, 0.2) is 27.7 Å². The van der Waals surface area contributed by atoms with Gasteiger partial charge in [-0.2, -0.15) is 10.2 Å². The monoisotopic (exact) mass is 311 g/mol. The molecule has 0 bridgehead atoms. The van der Waals surface area contributed by atoms with Crippen LogP contribution < -0.4 is 10.9 Å². The highest BCUT2D eigenvalue weighted by Gasteiger charge is 2.10. The Morgan fingerprint density at radius 3 is 2.94 bits per heavy atom. The molecular formula is C11H14BrN5O. The molecule has 0 fully saturated rings. The zero-order valence-corrected chi connectivity index (χ0v) is 11.7. The van der Waals surface area contributed by atoms with Crippen molar-refractivity contribution in [3.8, 4) is 0 Å². The summed E-state index contributed by atoms with van der Waals surface area (Å²) >= 11 is 3.30. The van der Waals surface area contributed by atoms with E-state index in [0.29, 0.717) is 16.7 Å². The molecule has 2 aromatic rings. The average molecular weight is 312 g/mol. The van der Waals surface area contributed by atoms with Crippen LogP contribution in [0.1, 0.15) is 25.6 Å². The standard InChI is InChI=1S/C11H14BrN5O/c1-7(2)17-11(18)10(12)9(6-15-17)13-5-8-3-4-14-16-8/h3-4,6-7,13H,5H2,1-2H3,(H,14,16). The van der Waals surface area contributed by atoms with E-state index < -0.39 is 0 Å². The van der Waals surface area contributed by atoms with E-state index >= 15 is 0 Å². The van der Waals surface area contributed by atoms with Crippen molar-refractivity contribution in [3.05, 3.63) is 39.0 Å². The fraction of sp³-hybridized carbons (Fsp3) is 0.364. The molecule has 0 atom stereocenters. The van der Waals surface area contributed by atoms with Gasteiger partial charge in [-0.25, -0.2) is 4.68 Å². The van der Waals surface area contributed by atoms with Crippen molar-refractivity contribution in [1.29, 1.82) is 0 Å². The van der Waals surface area contributed by atoms with Crippen molar-refractivity contribution < 1.29 is 0 Å². The molecule has 7 heteroatoms. The summed E-state index contributed by atoms with van der Waals surface area (Å²) in [5, 5.41) is 13.9. The summed E-state index contributed by atoms with van der Waals surface area (Å²) in [5.41, 5.74) is 1.47. The molecule has 18 heavy (non-hydrogen) atoms. The van der Waals surface area contributed by atoms with Crippen LogP contribution in [0.4, 0.5) is 5.69 Å². The number of rotatable bonds is 4. The molecule has 0 aliphatic carbocycles. The van der Waals surface area contributed by atoms with Crippen molar-refractivity contribution in [3.63, 3.8) is 0 Å². The number of anilines is 1. The maximum absolute atomic E-state index is 12.0. The van der Waals surface area contributed by atoms with Gasteiger partial charge in [-0.1, -0.05) is 0 Å². The molecule has 0 saturated heterocycles. The Kier molecular flexibility index (Phi) is 3.81. The summed E-state index contributed by atoms with van der Waals surface area (Å²) in [4.78, 5) is 12.0. The van der Waals surface area contributed by atoms with Gasteiger partial charge < -0.3 is 5.32 Å². The summed E-state index contributed by atoms with van der Waals surface area (Å²) in [6.45, 7) is 4.39. The molecule has 0 aliphatic rings. The highest BCUT2D eigenvalue weighted by molar-refractivity contribution is 9.10. The molecule has 0 spiro atoms. The molecule has 0 saturated carbocycles. The van der Waals surface area contributed by atoms with Crippen LogP contribution in [0.25, 0.3) is 0 Å². The number of hydrogen-bond donors (Lipinski definition) is 2. The van der Waals surface area contributed by atoms with Gasteiger partial charge in [0.15, 0.2) is 0 Å². The Bertz CT molecular complexity index is 576. The lowest BCUT2D eigenvalue weighted by molar-refractivity contribution is 0.501. The summed E-state index contributed by atoms with van der Waals surface area (Å²) < 4.78 is 1.93. The zero-order valence-electron chi connectivity index (χ0n) is 10.1. The van der Waals surface area contributed by atoms with E-state index in [1.165, 1.54) is 4.68 Å². The Labute approximate surface area is 113 Å². The minimum absolute atomic E-state index is 0.0375. The zero-order chi connectivity index (χ0) is 13.1. The number of halogens is 1. The van der Waals surface area contributed by atoms with Crippen LogP contribution in [0.2, 0.25) is 0 Å². The van der Waals surface area contributed by atoms with E-state index in [0.717, 1.165) is 5.69 Å². The van der Waals surface area contributed by atoms with Crippen LogP contribution in [-0.2, 0) is 6.54 Å². The van der Waals surface area contributed by atoms with Gasteiger partial charge in [0.05, 0.1) is 30.2 Å². The second kappa shape index (κ2) is 5.34. The van der Waals surface area contributed by atoms with Crippen molar-refractivity contribution in [2.45, 2.75) is 26.4 Å². The smallest absolute Gasteiger partial charge is 0.283 e. The molecule has 0 radical (unpaired) electrons. The summed E-state index contributed by atoms with van der Waals surface area (Å²) in [6, 6.07) is 1.90. The van der Waals surface area contributed by atoms with Crippen LogP contribution in [-0.4, -0.2) is 20.0 Å². The fourth-order valence-electron chi connectivity index (χ4n) is 1.51. The third-order valence-corrected chi connectivity index (χ3v) is 3.23. The van der Waals surface area contributed by atoms with Crippen LogP contribution in [0.3, 0.4) is 0 Å². The predicted octanol–water partition coefficient (Wildman–Crippen LogP) is 1.92. The number of nitrogens with one attached hydrogen (secondary N) is 2. The second-order valence-electron chi connectivity index (χ2n) is 4.15. The maximum atomic E-state index is 12.0. The quantitative estimate of drug-likeness (QED) is 0.904. The SMILES string of the molecule is CC(C)n1ncc(NCc2ccn[nH]2)c(Br)c1=O. The second-order valence-corrected chi connectivity index (χ2v) is 4.94. The average Bonchev–Trinajstić information content (AvgIpc) is 2.83. The third kappa shape index (κ3) is 2.61. The van der Waals surface area contributed by atoms with Crippen LogP contribution in [0.5, 0.6) is 0 Å². The summed E-state index contributed by atoms with van der Waals surface area (Å²) in [7, 11) is 0. The van der Waals surface area contributed by atoms with Gasteiger partial charge in [0.1, 0.15) is 4.47 Å². The number of hydrogen-bond acceptors (Lipinski definition) is 4. The Balaban J connectivity index is 2.20. The van der Waals surface area contributed by atoms with Gasteiger partial charge in [0.25, 0.3) is 5.56 Å². The Morgan fingerprint density at radius 2 is 2.33 bits per heavy atom. The van der Waals surface area contributed by atoms with Crippen molar-refractivity contribution in [2.75, 3.05) is 5.32 Å². The van der Waals surface area contributed by atoms with E-state index in [-0.39, 0.29) is 11.6 Å². The van der Waals surface area contributed by atoms with Crippen LogP contribution in [0, 0.1) is 0 Å². The first kappa shape index (κ1) is 12.8. The minimum atomic E-state index is -0.139. The highest BCUT2D eigenvalue weighted by atomic mass is 79.9. The van der Waals surface area contributed by atoms with E-state index in [1.54, 1.807) is 12.4 Å². The first-order chi connectivity index (χ1) is 8.59. The third-order valence-electron chi connectivity index (χ3n) is 2.46. The topological polar surface area (TPSA) is 75.6 Å². The maximum Gasteiger partial charge on any atom is 0.283 e. The highest BCUT2D eigenvalue weighted by Crippen LogP contribution is 2.17.